The zero-order valence-corrected chi connectivity index (χ0v) is 21.0. The summed E-state index contributed by atoms with van der Waals surface area (Å²) < 4.78 is 5.66. The van der Waals surface area contributed by atoms with Crippen LogP contribution in [0.25, 0.3) is 6.08 Å². The largest absolute Gasteiger partial charge is 0.493 e. The molecule has 0 saturated carbocycles. The van der Waals surface area contributed by atoms with Crippen molar-refractivity contribution in [1.29, 1.82) is 0 Å². The van der Waals surface area contributed by atoms with Crippen molar-refractivity contribution in [2.24, 2.45) is 5.41 Å². The van der Waals surface area contributed by atoms with Gasteiger partial charge in [0.05, 0.1) is 12.6 Å². The van der Waals surface area contributed by atoms with Gasteiger partial charge in [0.25, 0.3) is 0 Å². The van der Waals surface area contributed by atoms with Crippen LogP contribution >= 0.6 is 12.2 Å². The SMILES string of the molecule is CCOc1ccccc1/C=C/C(=O)N1CCC2(CC1)CCN(C(=S)NC(C)c1ccccc1)C2. The highest BCUT2D eigenvalue weighted by molar-refractivity contribution is 7.80. The quantitative estimate of drug-likeness (QED) is 0.466. The van der Waals surface area contributed by atoms with Gasteiger partial charge in [0.1, 0.15) is 5.75 Å². The highest BCUT2D eigenvalue weighted by Gasteiger charge is 2.41. The lowest BCUT2D eigenvalue weighted by atomic mass is 9.78. The van der Waals surface area contributed by atoms with Gasteiger partial charge in [-0.05, 0) is 68.4 Å². The monoisotopic (exact) mass is 477 g/mol. The number of carbonyl (C=O) groups is 1. The smallest absolute Gasteiger partial charge is 0.246 e. The molecule has 2 fully saturated rings. The van der Waals surface area contributed by atoms with Crippen LogP contribution in [-0.4, -0.2) is 53.6 Å². The van der Waals surface area contributed by atoms with Gasteiger partial charge in [-0.25, -0.2) is 0 Å². The molecule has 1 unspecified atom stereocenters. The normalized spacial score (nSPS) is 18.3. The minimum absolute atomic E-state index is 0.0740. The number of hydrogen-bond acceptors (Lipinski definition) is 3. The molecule has 1 spiro atoms. The fraction of sp³-hybridized carbons (Fsp3) is 0.429. The third-order valence-electron chi connectivity index (χ3n) is 7.13. The van der Waals surface area contributed by atoms with E-state index in [0.717, 1.165) is 61.9 Å². The Labute approximate surface area is 208 Å². The van der Waals surface area contributed by atoms with E-state index in [-0.39, 0.29) is 17.4 Å². The average molecular weight is 478 g/mol. The molecule has 4 rings (SSSR count). The van der Waals surface area contributed by atoms with E-state index in [4.69, 9.17) is 17.0 Å². The van der Waals surface area contributed by atoms with Crippen molar-refractivity contribution in [3.63, 3.8) is 0 Å². The van der Waals surface area contributed by atoms with Gasteiger partial charge in [-0.15, -0.1) is 0 Å². The molecule has 0 aliphatic carbocycles. The van der Waals surface area contributed by atoms with Gasteiger partial charge >= 0.3 is 0 Å². The number of amides is 1. The summed E-state index contributed by atoms with van der Waals surface area (Å²) in [5, 5.41) is 4.34. The zero-order chi connectivity index (χ0) is 24.0. The third-order valence-corrected chi connectivity index (χ3v) is 7.50. The van der Waals surface area contributed by atoms with Crippen molar-refractivity contribution in [3.05, 3.63) is 71.8 Å². The van der Waals surface area contributed by atoms with Crippen LogP contribution in [0.15, 0.2) is 60.7 Å². The highest BCUT2D eigenvalue weighted by atomic mass is 32.1. The molecule has 180 valence electrons. The Morgan fingerprint density at radius 2 is 1.71 bits per heavy atom. The molecule has 34 heavy (non-hydrogen) atoms. The fourth-order valence-electron chi connectivity index (χ4n) is 4.99. The van der Waals surface area contributed by atoms with E-state index in [1.54, 1.807) is 6.08 Å². The minimum atomic E-state index is 0.0740. The van der Waals surface area contributed by atoms with Gasteiger partial charge in [-0.3, -0.25) is 4.79 Å². The van der Waals surface area contributed by atoms with Crippen molar-refractivity contribution < 1.29 is 9.53 Å². The second-order valence-electron chi connectivity index (χ2n) is 9.38. The summed E-state index contributed by atoms with van der Waals surface area (Å²) in [7, 11) is 0. The Balaban J connectivity index is 1.28. The molecule has 2 aromatic rings. The van der Waals surface area contributed by atoms with E-state index in [1.165, 1.54) is 5.56 Å². The summed E-state index contributed by atoms with van der Waals surface area (Å²) >= 11 is 5.75. The first-order valence-corrected chi connectivity index (χ1v) is 12.7. The average Bonchev–Trinajstić information content (AvgIpc) is 3.28. The summed E-state index contributed by atoms with van der Waals surface area (Å²) in [4.78, 5) is 17.1. The van der Waals surface area contributed by atoms with E-state index < -0.39 is 0 Å². The van der Waals surface area contributed by atoms with Crippen LogP contribution in [0.4, 0.5) is 0 Å². The number of piperidine rings is 1. The highest BCUT2D eigenvalue weighted by Crippen LogP contribution is 2.40. The van der Waals surface area contributed by atoms with E-state index in [1.807, 2.05) is 48.2 Å². The second kappa shape index (κ2) is 11.0. The van der Waals surface area contributed by atoms with Gasteiger partial charge in [0, 0.05) is 37.8 Å². The Hall–Kier alpha value is -2.86. The number of benzene rings is 2. The Kier molecular flexibility index (Phi) is 7.88. The van der Waals surface area contributed by atoms with Crippen molar-refractivity contribution >= 4 is 29.3 Å². The topological polar surface area (TPSA) is 44.8 Å². The predicted octanol–water partition coefficient (Wildman–Crippen LogP) is 5.05. The molecule has 1 atom stereocenters. The summed E-state index contributed by atoms with van der Waals surface area (Å²) in [6, 6.07) is 18.4. The maximum absolute atomic E-state index is 12.8. The van der Waals surface area contributed by atoms with Crippen LogP contribution in [0.5, 0.6) is 5.75 Å². The lowest BCUT2D eigenvalue weighted by Gasteiger charge is -2.39. The molecular formula is C28H35N3O2S. The van der Waals surface area contributed by atoms with Gasteiger partial charge in [0.15, 0.2) is 5.11 Å². The standard InChI is InChI=1S/C28H35N3O2S/c1-3-33-25-12-8-7-11-24(25)13-14-26(32)30-18-15-28(16-19-30)17-20-31(21-28)27(34)29-22(2)23-9-5-4-6-10-23/h4-14,22H,3,15-21H2,1-2H3,(H,29,34)/b14-13+. The first-order chi connectivity index (χ1) is 16.5. The molecule has 2 heterocycles. The number of nitrogens with zero attached hydrogens (tertiary/aromatic N) is 2. The third kappa shape index (κ3) is 5.79. The Morgan fingerprint density at radius 1 is 1.06 bits per heavy atom. The first-order valence-electron chi connectivity index (χ1n) is 12.3. The summed E-state index contributed by atoms with van der Waals surface area (Å²) in [5.41, 5.74) is 2.43. The van der Waals surface area contributed by atoms with Gasteiger partial charge in [-0.1, -0.05) is 48.5 Å². The Morgan fingerprint density at radius 3 is 2.41 bits per heavy atom. The van der Waals surface area contributed by atoms with Crippen molar-refractivity contribution in [1.82, 2.24) is 15.1 Å². The second-order valence-corrected chi connectivity index (χ2v) is 9.77. The number of carbonyl (C=O) groups excluding carboxylic acids is 1. The zero-order valence-electron chi connectivity index (χ0n) is 20.2. The molecule has 2 saturated heterocycles. The van der Waals surface area contributed by atoms with Gasteiger partial charge < -0.3 is 19.9 Å². The van der Waals surface area contributed by atoms with Gasteiger partial charge in [-0.2, -0.15) is 0 Å². The number of hydrogen-bond donors (Lipinski definition) is 1. The lowest BCUT2D eigenvalue weighted by molar-refractivity contribution is -0.128. The van der Waals surface area contributed by atoms with Gasteiger partial charge in [0.2, 0.25) is 5.91 Å². The van der Waals surface area contributed by atoms with E-state index in [2.05, 4.69) is 41.4 Å². The molecule has 1 amide bonds. The maximum Gasteiger partial charge on any atom is 0.246 e. The molecule has 0 aromatic heterocycles. The van der Waals surface area contributed by atoms with Crippen LogP contribution in [0.2, 0.25) is 0 Å². The minimum Gasteiger partial charge on any atom is -0.493 e. The van der Waals surface area contributed by atoms with Crippen LogP contribution in [0.1, 0.15) is 50.3 Å². The maximum atomic E-state index is 12.8. The number of ether oxygens (including phenoxy) is 1. The van der Waals surface area contributed by atoms with Crippen LogP contribution in [0.3, 0.4) is 0 Å². The molecule has 2 aliphatic rings. The summed E-state index contributed by atoms with van der Waals surface area (Å²) in [5.74, 6) is 0.883. The predicted molar refractivity (Wildman–Crippen MR) is 142 cm³/mol. The van der Waals surface area contributed by atoms with E-state index in [9.17, 15) is 4.79 Å². The molecular weight excluding hydrogens is 442 g/mol. The number of para-hydroxylation sites is 1. The number of thiocarbonyl (C=S) groups is 1. The van der Waals surface area contributed by atoms with Crippen LogP contribution < -0.4 is 10.1 Å². The lowest BCUT2D eigenvalue weighted by Crippen LogP contribution is -2.45. The Bertz CT molecular complexity index is 1020. The molecule has 0 bridgehead atoms. The van der Waals surface area contributed by atoms with Crippen LogP contribution in [0, 0.1) is 5.41 Å². The summed E-state index contributed by atoms with van der Waals surface area (Å²) in [6.07, 6.45) is 6.73. The molecule has 2 aromatic carbocycles. The van der Waals surface area contributed by atoms with Crippen molar-refractivity contribution in [3.8, 4) is 5.75 Å². The van der Waals surface area contributed by atoms with Crippen molar-refractivity contribution in [2.75, 3.05) is 32.8 Å². The van der Waals surface area contributed by atoms with E-state index in [0.29, 0.717) is 6.61 Å². The van der Waals surface area contributed by atoms with Crippen LogP contribution in [-0.2, 0) is 4.79 Å². The molecule has 0 radical (unpaired) electrons. The molecule has 2 aliphatic heterocycles. The van der Waals surface area contributed by atoms with E-state index >= 15 is 0 Å². The molecule has 5 nitrogen and oxygen atoms in total. The number of likely N-dealkylation sites (tertiary alicyclic amines) is 2. The summed E-state index contributed by atoms with van der Waals surface area (Å²) in [6.45, 7) is 8.27. The number of nitrogens with one attached hydrogen (secondary N) is 1. The number of rotatable bonds is 6. The fourth-order valence-corrected chi connectivity index (χ4v) is 5.32. The molecule has 6 heteroatoms. The molecule has 1 N–H and O–H groups in total. The van der Waals surface area contributed by atoms with Crippen molar-refractivity contribution in [2.45, 2.75) is 39.2 Å². The first kappa shape index (κ1) is 24.3.